The molecule has 1 fully saturated rings. The van der Waals surface area contributed by atoms with Crippen LogP contribution in [0.5, 0.6) is 0 Å². The van der Waals surface area contributed by atoms with Gasteiger partial charge in [0.1, 0.15) is 5.82 Å². The molecule has 0 radical (unpaired) electrons. The topological polar surface area (TPSA) is 29.9 Å². The van der Waals surface area contributed by atoms with Crippen molar-refractivity contribution < 1.29 is 0 Å². The van der Waals surface area contributed by atoms with Gasteiger partial charge in [-0.1, -0.05) is 19.3 Å². The van der Waals surface area contributed by atoms with Crippen molar-refractivity contribution in [1.29, 1.82) is 0 Å². The van der Waals surface area contributed by atoms with E-state index in [1.807, 2.05) is 19.3 Å². The molecule has 1 aliphatic carbocycles. The van der Waals surface area contributed by atoms with Crippen LogP contribution in [0.15, 0.2) is 12.4 Å². The summed E-state index contributed by atoms with van der Waals surface area (Å²) >= 11 is 6.15. The number of aromatic nitrogens is 2. The van der Waals surface area contributed by atoms with Crippen molar-refractivity contribution in [3.63, 3.8) is 0 Å². The highest BCUT2D eigenvalue weighted by molar-refractivity contribution is 6.18. The Morgan fingerprint density at radius 1 is 1.41 bits per heavy atom. The van der Waals surface area contributed by atoms with E-state index in [4.69, 9.17) is 11.6 Å². The monoisotopic (exact) mass is 255 g/mol. The molecule has 1 aromatic heterocycles. The van der Waals surface area contributed by atoms with Crippen LogP contribution in [0.4, 0.5) is 0 Å². The SMILES string of the molecule is Cc1nccn1CCNC1(CCl)CCCCC1. The molecule has 0 atom stereocenters. The predicted molar refractivity (Wildman–Crippen MR) is 71.5 cm³/mol. The lowest BCUT2D eigenvalue weighted by Gasteiger charge is -2.36. The molecule has 0 spiro atoms. The van der Waals surface area contributed by atoms with Crippen molar-refractivity contribution in [2.45, 2.75) is 51.1 Å². The van der Waals surface area contributed by atoms with Gasteiger partial charge in [0.25, 0.3) is 0 Å². The molecule has 0 aliphatic heterocycles. The smallest absolute Gasteiger partial charge is 0.105 e. The van der Waals surface area contributed by atoms with Crippen LogP contribution < -0.4 is 5.32 Å². The van der Waals surface area contributed by atoms with Crippen LogP contribution >= 0.6 is 11.6 Å². The van der Waals surface area contributed by atoms with Crippen LogP contribution in [0.2, 0.25) is 0 Å². The van der Waals surface area contributed by atoms with Gasteiger partial charge in [-0.25, -0.2) is 4.98 Å². The average Bonchev–Trinajstić information content (AvgIpc) is 2.76. The summed E-state index contributed by atoms with van der Waals surface area (Å²) in [6, 6.07) is 0. The fraction of sp³-hybridized carbons (Fsp3) is 0.769. The predicted octanol–water partition coefficient (Wildman–Crippen LogP) is 2.72. The Balaban J connectivity index is 1.82. The first-order chi connectivity index (χ1) is 8.26. The van der Waals surface area contributed by atoms with E-state index in [0.29, 0.717) is 0 Å². The van der Waals surface area contributed by atoms with Gasteiger partial charge in [-0.3, -0.25) is 0 Å². The third-order valence-electron chi connectivity index (χ3n) is 3.84. The Hall–Kier alpha value is -0.540. The Morgan fingerprint density at radius 2 is 2.18 bits per heavy atom. The number of nitrogens with one attached hydrogen (secondary N) is 1. The van der Waals surface area contributed by atoms with Crippen LogP contribution in [0.3, 0.4) is 0 Å². The van der Waals surface area contributed by atoms with Gasteiger partial charge in [-0.05, 0) is 19.8 Å². The van der Waals surface area contributed by atoms with E-state index in [2.05, 4.69) is 14.9 Å². The number of halogens is 1. The molecule has 0 amide bonds. The maximum atomic E-state index is 6.15. The number of aryl methyl sites for hydroxylation is 1. The summed E-state index contributed by atoms with van der Waals surface area (Å²) in [7, 11) is 0. The highest BCUT2D eigenvalue weighted by Crippen LogP contribution is 2.29. The van der Waals surface area contributed by atoms with Gasteiger partial charge in [0.15, 0.2) is 0 Å². The largest absolute Gasteiger partial charge is 0.334 e. The Kier molecular flexibility index (Phi) is 4.46. The molecule has 1 N–H and O–H groups in total. The van der Waals surface area contributed by atoms with Crippen LogP contribution in [-0.4, -0.2) is 27.5 Å². The number of hydrogen-bond donors (Lipinski definition) is 1. The minimum Gasteiger partial charge on any atom is -0.334 e. The summed E-state index contributed by atoms with van der Waals surface area (Å²) < 4.78 is 2.18. The lowest BCUT2D eigenvalue weighted by atomic mass is 9.83. The van der Waals surface area contributed by atoms with Gasteiger partial charge >= 0.3 is 0 Å². The molecule has 1 aromatic rings. The molecule has 1 aliphatic rings. The third kappa shape index (κ3) is 3.23. The molecule has 96 valence electrons. The normalized spacial score (nSPS) is 19.4. The number of alkyl halides is 1. The van der Waals surface area contributed by atoms with Gasteiger partial charge in [-0.2, -0.15) is 0 Å². The Morgan fingerprint density at radius 3 is 2.76 bits per heavy atom. The summed E-state index contributed by atoms with van der Waals surface area (Å²) in [6.45, 7) is 3.99. The lowest BCUT2D eigenvalue weighted by molar-refractivity contribution is 0.255. The maximum Gasteiger partial charge on any atom is 0.105 e. The number of nitrogens with zero attached hydrogens (tertiary/aromatic N) is 2. The van der Waals surface area contributed by atoms with E-state index in [9.17, 15) is 0 Å². The quantitative estimate of drug-likeness (QED) is 0.820. The number of rotatable bonds is 5. The molecule has 4 heteroatoms. The minimum absolute atomic E-state index is 0.189. The van der Waals surface area contributed by atoms with Crippen LogP contribution in [-0.2, 0) is 6.54 Å². The molecule has 0 aromatic carbocycles. The summed E-state index contributed by atoms with van der Waals surface area (Å²) in [4.78, 5) is 4.23. The molecule has 0 saturated heterocycles. The fourth-order valence-electron chi connectivity index (χ4n) is 2.67. The van der Waals surface area contributed by atoms with Gasteiger partial charge in [-0.15, -0.1) is 11.6 Å². The van der Waals surface area contributed by atoms with E-state index in [0.717, 1.165) is 24.8 Å². The molecular formula is C13H22ClN3. The molecule has 1 heterocycles. The molecule has 0 bridgehead atoms. The van der Waals surface area contributed by atoms with Crippen molar-refractivity contribution in [3.05, 3.63) is 18.2 Å². The van der Waals surface area contributed by atoms with E-state index in [-0.39, 0.29) is 5.54 Å². The fourth-order valence-corrected chi connectivity index (χ4v) is 3.03. The van der Waals surface area contributed by atoms with Crippen molar-refractivity contribution in [2.75, 3.05) is 12.4 Å². The third-order valence-corrected chi connectivity index (χ3v) is 4.35. The molecular weight excluding hydrogens is 234 g/mol. The molecule has 3 nitrogen and oxygen atoms in total. The summed E-state index contributed by atoms with van der Waals surface area (Å²) in [5, 5.41) is 3.67. The van der Waals surface area contributed by atoms with Crippen molar-refractivity contribution in [2.24, 2.45) is 0 Å². The van der Waals surface area contributed by atoms with Crippen molar-refractivity contribution >= 4 is 11.6 Å². The van der Waals surface area contributed by atoms with Crippen LogP contribution in [0.25, 0.3) is 0 Å². The van der Waals surface area contributed by atoms with E-state index in [1.165, 1.54) is 32.1 Å². The van der Waals surface area contributed by atoms with Crippen LogP contribution in [0.1, 0.15) is 37.9 Å². The minimum atomic E-state index is 0.189. The molecule has 1 saturated carbocycles. The maximum absolute atomic E-state index is 6.15. The zero-order valence-electron chi connectivity index (χ0n) is 10.6. The first-order valence-corrected chi connectivity index (χ1v) is 7.08. The van der Waals surface area contributed by atoms with Gasteiger partial charge in [0.2, 0.25) is 0 Å². The number of hydrogen-bond acceptors (Lipinski definition) is 2. The van der Waals surface area contributed by atoms with Gasteiger partial charge in [0.05, 0.1) is 0 Å². The van der Waals surface area contributed by atoms with Crippen molar-refractivity contribution in [3.8, 4) is 0 Å². The van der Waals surface area contributed by atoms with Gasteiger partial charge in [0, 0.05) is 36.9 Å². The Labute approximate surface area is 109 Å². The second-order valence-electron chi connectivity index (χ2n) is 5.07. The summed E-state index contributed by atoms with van der Waals surface area (Å²) in [5.41, 5.74) is 0.189. The zero-order chi connectivity index (χ0) is 12.1. The Bertz CT molecular complexity index is 342. The average molecular weight is 256 g/mol. The highest BCUT2D eigenvalue weighted by atomic mass is 35.5. The van der Waals surface area contributed by atoms with Crippen molar-refractivity contribution in [1.82, 2.24) is 14.9 Å². The highest BCUT2D eigenvalue weighted by Gasteiger charge is 2.30. The molecule has 17 heavy (non-hydrogen) atoms. The first-order valence-electron chi connectivity index (χ1n) is 6.54. The second-order valence-corrected chi connectivity index (χ2v) is 5.34. The molecule has 2 rings (SSSR count). The standard InChI is InChI=1S/C13H22ClN3/c1-12-15-7-9-17(12)10-8-16-13(11-14)5-3-2-4-6-13/h7,9,16H,2-6,8,10-11H2,1H3. The summed E-state index contributed by atoms with van der Waals surface area (Å²) in [5.74, 6) is 1.81. The van der Waals surface area contributed by atoms with E-state index >= 15 is 0 Å². The first kappa shape index (κ1) is 12.9. The summed E-state index contributed by atoms with van der Waals surface area (Å²) in [6.07, 6.45) is 10.3. The van der Waals surface area contributed by atoms with E-state index < -0.39 is 0 Å². The second kappa shape index (κ2) is 5.87. The zero-order valence-corrected chi connectivity index (χ0v) is 11.3. The van der Waals surface area contributed by atoms with E-state index in [1.54, 1.807) is 0 Å². The van der Waals surface area contributed by atoms with Gasteiger partial charge < -0.3 is 9.88 Å². The number of imidazole rings is 1. The lowest BCUT2D eigenvalue weighted by Crippen LogP contribution is -2.49. The van der Waals surface area contributed by atoms with Crippen LogP contribution in [0, 0.1) is 6.92 Å². The molecule has 0 unspecified atom stereocenters.